The van der Waals surface area contributed by atoms with Crippen LogP contribution in [0.5, 0.6) is 0 Å². The maximum Gasteiger partial charge on any atom is 0.226 e. The summed E-state index contributed by atoms with van der Waals surface area (Å²) in [6.07, 6.45) is 6.43. The van der Waals surface area contributed by atoms with Gasteiger partial charge in [0, 0.05) is 48.3 Å². The van der Waals surface area contributed by atoms with Gasteiger partial charge in [-0.3, -0.25) is 9.59 Å². The highest BCUT2D eigenvalue weighted by molar-refractivity contribution is 5.87. The second kappa shape index (κ2) is 6.71. The maximum atomic E-state index is 13.5. The number of aryl methyl sites for hydroxylation is 2. The molecule has 4 aliphatic carbocycles. The van der Waals surface area contributed by atoms with Crippen LogP contribution in [0.3, 0.4) is 0 Å². The number of rotatable bonds is 2. The van der Waals surface area contributed by atoms with E-state index in [1.54, 1.807) is 0 Å². The molecule has 2 aromatic rings. The molecule has 33 heavy (non-hydrogen) atoms. The van der Waals surface area contributed by atoms with Crippen molar-refractivity contribution in [1.82, 2.24) is 9.80 Å². The molecular weight excluding hydrogens is 408 g/mol. The lowest BCUT2D eigenvalue weighted by atomic mass is 9.94. The first-order chi connectivity index (χ1) is 16.0. The second-order valence-corrected chi connectivity index (χ2v) is 11.3. The predicted molar refractivity (Wildman–Crippen MR) is 127 cm³/mol. The van der Waals surface area contributed by atoms with Gasteiger partial charge >= 0.3 is 0 Å². The van der Waals surface area contributed by atoms with Crippen LogP contribution in [0.25, 0.3) is 0 Å². The van der Waals surface area contributed by atoms with E-state index in [9.17, 15) is 9.59 Å². The number of fused-ring (bicyclic) bond motifs is 4. The third-order valence-electron chi connectivity index (χ3n) is 9.76. The fourth-order valence-electron chi connectivity index (χ4n) is 7.74. The van der Waals surface area contributed by atoms with Gasteiger partial charge in [-0.2, -0.15) is 0 Å². The molecule has 170 valence electrons. The SMILES string of the molecule is CC1CN(C(=O)C2CC23CCc2ccccc23)CCN1C(=O)C1CC12CCc1ccccc12. The van der Waals surface area contributed by atoms with Gasteiger partial charge in [0.25, 0.3) is 0 Å². The van der Waals surface area contributed by atoms with Crippen molar-refractivity contribution < 1.29 is 9.59 Å². The minimum Gasteiger partial charge on any atom is -0.339 e. The largest absolute Gasteiger partial charge is 0.339 e. The lowest BCUT2D eigenvalue weighted by Crippen LogP contribution is -2.56. The van der Waals surface area contributed by atoms with Gasteiger partial charge in [0.1, 0.15) is 0 Å². The Balaban J connectivity index is 1.02. The van der Waals surface area contributed by atoms with Crippen LogP contribution in [0.15, 0.2) is 48.5 Å². The Morgan fingerprint density at radius 2 is 1.33 bits per heavy atom. The van der Waals surface area contributed by atoms with E-state index in [4.69, 9.17) is 0 Å². The van der Waals surface area contributed by atoms with Crippen molar-refractivity contribution in [2.45, 2.75) is 62.3 Å². The first-order valence-corrected chi connectivity index (χ1v) is 12.8. The van der Waals surface area contributed by atoms with Crippen LogP contribution in [0, 0.1) is 11.8 Å². The van der Waals surface area contributed by atoms with Crippen molar-refractivity contribution in [3.63, 3.8) is 0 Å². The van der Waals surface area contributed by atoms with Crippen molar-refractivity contribution in [2.75, 3.05) is 19.6 Å². The van der Waals surface area contributed by atoms with Gasteiger partial charge in [0.15, 0.2) is 0 Å². The molecule has 2 aromatic carbocycles. The van der Waals surface area contributed by atoms with Crippen molar-refractivity contribution >= 4 is 11.8 Å². The molecule has 2 saturated carbocycles. The van der Waals surface area contributed by atoms with Crippen LogP contribution < -0.4 is 0 Å². The van der Waals surface area contributed by atoms with Crippen LogP contribution >= 0.6 is 0 Å². The van der Waals surface area contributed by atoms with Gasteiger partial charge in [0.05, 0.1) is 0 Å². The average molecular weight is 441 g/mol. The number of carbonyl (C=O) groups is 2. The third kappa shape index (κ3) is 2.70. The fourth-order valence-corrected chi connectivity index (χ4v) is 7.74. The van der Waals surface area contributed by atoms with Gasteiger partial charge in [-0.05, 0) is 67.7 Å². The molecular formula is C29H32N2O2. The summed E-state index contributed by atoms with van der Waals surface area (Å²) in [6.45, 7) is 4.16. The van der Waals surface area contributed by atoms with Crippen molar-refractivity contribution in [3.8, 4) is 0 Å². The quantitative estimate of drug-likeness (QED) is 0.712. The number of hydrogen-bond donors (Lipinski definition) is 0. The number of nitrogens with zero attached hydrogens (tertiary/aromatic N) is 2. The van der Waals surface area contributed by atoms with Crippen molar-refractivity contribution in [1.29, 1.82) is 0 Å². The molecule has 1 heterocycles. The summed E-state index contributed by atoms with van der Waals surface area (Å²) in [4.78, 5) is 31.1. The van der Waals surface area contributed by atoms with Gasteiger partial charge in [-0.1, -0.05) is 48.5 Å². The lowest BCUT2D eigenvalue weighted by molar-refractivity contribution is -0.144. The Bertz CT molecular complexity index is 1170. The Morgan fingerprint density at radius 1 is 0.788 bits per heavy atom. The lowest BCUT2D eigenvalue weighted by Gasteiger charge is -2.40. The van der Waals surface area contributed by atoms with Gasteiger partial charge in [-0.15, -0.1) is 0 Å². The highest BCUT2D eigenvalue weighted by Gasteiger charge is 2.64. The molecule has 0 N–H and O–H groups in total. The molecule has 0 bridgehead atoms. The Hall–Kier alpha value is -2.62. The molecule has 0 aromatic heterocycles. The molecule has 3 fully saturated rings. The number of piperazine rings is 1. The van der Waals surface area contributed by atoms with E-state index in [2.05, 4.69) is 65.3 Å². The molecule has 7 rings (SSSR count). The smallest absolute Gasteiger partial charge is 0.226 e. The van der Waals surface area contributed by atoms with Crippen LogP contribution in [-0.2, 0) is 33.3 Å². The minimum absolute atomic E-state index is 0.0926. The van der Waals surface area contributed by atoms with E-state index in [1.807, 2.05) is 0 Å². The maximum absolute atomic E-state index is 13.5. The Kier molecular flexibility index (Phi) is 4.03. The second-order valence-electron chi connectivity index (χ2n) is 11.3. The van der Waals surface area contributed by atoms with Gasteiger partial charge < -0.3 is 9.80 Å². The first kappa shape index (κ1) is 19.8. The fraction of sp³-hybridized carbons (Fsp3) is 0.517. The average Bonchev–Trinajstić information content (AvgIpc) is 3.67. The van der Waals surface area contributed by atoms with Crippen LogP contribution in [-0.4, -0.2) is 47.3 Å². The minimum atomic E-state index is 0.0926. The summed E-state index contributed by atoms with van der Waals surface area (Å²) in [5, 5.41) is 0. The highest BCUT2D eigenvalue weighted by Crippen LogP contribution is 2.63. The topological polar surface area (TPSA) is 40.6 Å². The third-order valence-corrected chi connectivity index (χ3v) is 9.76. The first-order valence-electron chi connectivity index (χ1n) is 12.8. The molecule has 4 heteroatoms. The Labute approximate surface area is 196 Å². The summed E-state index contributed by atoms with van der Waals surface area (Å²) < 4.78 is 0. The molecule has 5 unspecified atom stereocenters. The standard InChI is InChI=1S/C29H32N2O2/c1-19-18-30(26(32)24-16-28(24)12-10-20-6-2-4-8-22(20)28)14-15-31(19)27(33)25-17-29(25)13-11-21-7-3-5-9-23(21)29/h2-9,19,24-25H,10-18H2,1H3. The molecule has 1 saturated heterocycles. The van der Waals surface area contributed by atoms with E-state index in [0.29, 0.717) is 31.4 Å². The number of amides is 2. The van der Waals surface area contributed by atoms with Gasteiger partial charge in [0.2, 0.25) is 11.8 Å². The van der Waals surface area contributed by atoms with E-state index in [0.717, 1.165) is 38.5 Å². The van der Waals surface area contributed by atoms with Crippen LogP contribution in [0.2, 0.25) is 0 Å². The number of hydrogen-bond acceptors (Lipinski definition) is 2. The normalized spacial score (nSPS) is 35.6. The summed E-state index contributed by atoms with van der Waals surface area (Å²) >= 11 is 0. The van der Waals surface area contributed by atoms with E-state index in [1.165, 1.54) is 22.3 Å². The molecule has 0 radical (unpaired) electrons. The highest BCUT2D eigenvalue weighted by atomic mass is 16.2. The molecule has 5 atom stereocenters. The number of benzene rings is 2. The summed E-state index contributed by atoms with van der Waals surface area (Å²) in [6, 6.07) is 17.5. The molecule has 4 nitrogen and oxygen atoms in total. The summed E-state index contributed by atoms with van der Waals surface area (Å²) in [5.41, 5.74) is 5.89. The Morgan fingerprint density at radius 3 is 1.91 bits per heavy atom. The van der Waals surface area contributed by atoms with Crippen LogP contribution in [0.1, 0.15) is 54.9 Å². The van der Waals surface area contributed by atoms with E-state index >= 15 is 0 Å². The zero-order valence-corrected chi connectivity index (χ0v) is 19.4. The van der Waals surface area contributed by atoms with Gasteiger partial charge in [-0.25, -0.2) is 0 Å². The van der Waals surface area contributed by atoms with Crippen molar-refractivity contribution in [2.24, 2.45) is 11.8 Å². The molecule has 2 amide bonds. The molecule has 5 aliphatic rings. The monoisotopic (exact) mass is 440 g/mol. The summed E-state index contributed by atoms with van der Waals surface area (Å²) in [7, 11) is 0. The van der Waals surface area contributed by atoms with Crippen molar-refractivity contribution in [3.05, 3.63) is 70.8 Å². The zero-order valence-electron chi connectivity index (χ0n) is 19.4. The number of carbonyl (C=O) groups excluding carboxylic acids is 2. The van der Waals surface area contributed by atoms with Crippen LogP contribution in [0.4, 0.5) is 0 Å². The molecule has 2 spiro atoms. The zero-order chi connectivity index (χ0) is 22.4. The molecule has 1 aliphatic heterocycles. The summed E-state index contributed by atoms with van der Waals surface area (Å²) in [5.74, 6) is 0.905. The van der Waals surface area contributed by atoms with E-state index < -0.39 is 0 Å². The van der Waals surface area contributed by atoms with E-state index in [-0.39, 0.29) is 28.7 Å². The predicted octanol–water partition coefficient (Wildman–Crippen LogP) is 3.85.